The molecule has 0 aliphatic carbocycles. The van der Waals surface area contributed by atoms with Crippen LogP contribution >= 0.6 is 0 Å². The molecule has 0 saturated heterocycles. The van der Waals surface area contributed by atoms with Crippen molar-refractivity contribution in [2.24, 2.45) is 5.73 Å². The normalized spacial score (nSPS) is 9.91. The summed E-state index contributed by atoms with van der Waals surface area (Å²) < 4.78 is 0. The first-order chi connectivity index (χ1) is 5.07. The Morgan fingerprint density at radius 1 is 1.64 bits per heavy atom. The van der Waals surface area contributed by atoms with Crippen LogP contribution < -0.4 is 11.1 Å². The second-order valence-electron chi connectivity index (χ2n) is 2.81. The van der Waals surface area contributed by atoms with Gasteiger partial charge in [-0.2, -0.15) is 0 Å². The molecule has 4 heteroatoms. The summed E-state index contributed by atoms with van der Waals surface area (Å²) >= 11 is 0. The van der Waals surface area contributed by atoms with Gasteiger partial charge in [0.1, 0.15) is 0 Å². The molecule has 0 atom stereocenters. The molecule has 0 spiro atoms. The molecule has 3 N–H and O–H groups in total. The summed E-state index contributed by atoms with van der Waals surface area (Å²) in [6.45, 7) is 4.95. The fourth-order valence-corrected chi connectivity index (χ4v) is 0.652. The van der Waals surface area contributed by atoms with Crippen LogP contribution in [0.1, 0.15) is 13.8 Å². The van der Waals surface area contributed by atoms with Gasteiger partial charge < -0.3 is 16.0 Å². The molecule has 0 aromatic heterocycles. The largest absolute Gasteiger partial charge is 0.336 e. The summed E-state index contributed by atoms with van der Waals surface area (Å²) in [6.07, 6.45) is 0. The highest BCUT2D eigenvalue weighted by Crippen LogP contribution is 1.84. The molecule has 0 aliphatic rings. The lowest BCUT2D eigenvalue weighted by atomic mass is 10.4. The van der Waals surface area contributed by atoms with Crippen LogP contribution in [0.3, 0.4) is 0 Å². The van der Waals surface area contributed by atoms with E-state index in [-0.39, 0.29) is 12.1 Å². The third-order valence-electron chi connectivity index (χ3n) is 1.22. The minimum Gasteiger partial charge on any atom is -0.336 e. The van der Waals surface area contributed by atoms with Crippen LogP contribution in [0, 0.1) is 0 Å². The van der Waals surface area contributed by atoms with Gasteiger partial charge in [0.25, 0.3) is 0 Å². The number of hydrogen-bond acceptors (Lipinski definition) is 2. The standard InChI is InChI=1S/C7H17N3O/c1-6(2)9-7(11)10(3)5-4-8/h6H,4-5,8H2,1-3H3,(H,9,11). The molecule has 0 unspecified atom stereocenters. The van der Waals surface area contributed by atoms with Crippen molar-refractivity contribution in [2.45, 2.75) is 19.9 Å². The zero-order valence-electron chi connectivity index (χ0n) is 7.42. The minimum atomic E-state index is -0.0644. The first-order valence-corrected chi connectivity index (χ1v) is 3.79. The molecule has 0 radical (unpaired) electrons. The van der Waals surface area contributed by atoms with Crippen molar-refractivity contribution in [3.63, 3.8) is 0 Å². The summed E-state index contributed by atoms with van der Waals surface area (Å²) in [7, 11) is 1.73. The molecule has 0 fully saturated rings. The Kier molecular flexibility index (Phi) is 4.61. The third-order valence-corrected chi connectivity index (χ3v) is 1.22. The average Bonchev–Trinajstić information content (AvgIpc) is 1.86. The van der Waals surface area contributed by atoms with Gasteiger partial charge in [0.15, 0.2) is 0 Å². The maximum absolute atomic E-state index is 11.1. The average molecular weight is 159 g/mol. The molecule has 0 bridgehead atoms. The van der Waals surface area contributed by atoms with Gasteiger partial charge in [-0.1, -0.05) is 0 Å². The number of nitrogens with one attached hydrogen (secondary N) is 1. The van der Waals surface area contributed by atoms with Crippen molar-refractivity contribution in [1.29, 1.82) is 0 Å². The van der Waals surface area contributed by atoms with E-state index >= 15 is 0 Å². The van der Waals surface area contributed by atoms with Crippen LogP contribution in [0.15, 0.2) is 0 Å². The van der Waals surface area contributed by atoms with Crippen molar-refractivity contribution in [3.05, 3.63) is 0 Å². The van der Waals surface area contributed by atoms with E-state index in [1.165, 1.54) is 0 Å². The van der Waals surface area contributed by atoms with Gasteiger partial charge in [0.2, 0.25) is 0 Å². The second kappa shape index (κ2) is 4.96. The number of hydrogen-bond donors (Lipinski definition) is 2. The lowest BCUT2D eigenvalue weighted by Crippen LogP contribution is -2.42. The van der Waals surface area contributed by atoms with Crippen molar-refractivity contribution in [1.82, 2.24) is 10.2 Å². The van der Waals surface area contributed by atoms with Crippen molar-refractivity contribution in [3.8, 4) is 0 Å². The molecule has 66 valence electrons. The summed E-state index contributed by atoms with van der Waals surface area (Å²) in [4.78, 5) is 12.7. The molecule has 0 heterocycles. The number of nitrogens with zero attached hydrogens (tertiary/aromatic N) is 1. The number of carbonyl (C=O) groups excluding carboxylic acids is 1. The molecule has 0 aromatic rings. The Labute approximate surface area is 67.7 Å². The predicted octanol–water partition coefficient (Wildman–Crippen LogP) is -0.00510. The molecular formula is C7H17N3O. The van der Waals surface area contributed by atoms with Gasteiger partial charge >= 0.3 is 6.03 Å². The van der Waals surface area contributed by atoms with Gasteiger partial charge in [-0.05, 0) is 13.8 Å². The second-order valence-corrected chi connectivity index (χ2v) is 2.81. The first-order valence-electron chi connectivity index (χ1n) is 3.79. The zero-order chi connectivity index (χ0) is 8.85. The van der Waals surface area contributed by atoms with Crippen molar-refractivity contribution >= 4 is 6.03 Å². The predicted molar refractivity (Wildman–Crippen MR) is 45.4 cm³/mol. The Bertz CT molecular complexity index is 125. The van der Waals surface area contributed by atoms with E-state index in [4.69, 9.17) is 5.73 Å². The summed E-state index contributed by atoms with van der Waals surface area (Å²) in [5.74, 6) is 0. The van der Waals surface area contributed by atoms with E-state index < -0.39 is 0 Å². The Morgan fingerprint density at radius 2 is 2.18 bits per heavy atom. The molecule has 11 heavy (non-hydrogen) atoms. The van der Waals surface area contributed by atoms with Gasteiger partial charge in [-0.25, -0.2) is 4.79 Å². The van der Waals surface area contributed by atoms with E-state index in [0.29, 0.717) is 13.1 Å². The van der Waals surface area contributed by atoms with E-state index in [1.54, 1.807) is 11.9 Å². The number of nitrogens with two attached hydrogens (primary N) is 1. The maximum Gasteiger partial charge on any atom is 0.317 e. The van der Waals surface area contributed by atoms with Gasteiger partial charge in [0.05, 0.1) is 0 Å². The number of urea groups is 1. The lowest BCUT2D eigenvalue weighted by Gasteiger charge is -2.18. The van der Waals surface area contributed by atoms with E-state index in [0.717, 1.165) is 0 Å². The maximum atomic E-state index is 11.1. The van der Waals surface area contributed by atoms with Crippen LogP contribution in [-0.2, 0) is 0 Å². The SMILES string of the molecule is CC(C)NC(=O)N(C)CCN. The summed E-state index contributed by atoms with van der Waals surface area (Å²) in [5.41, 5.74) is 5.28. The minimum absolute atomic E-state index is 0.0644. The van der Waals surface area contributed by atoms with Crippen molar-refractivity contribution in [2.75, 3.05) is 20.1 Å². The molecule has 0 saturated carbocycles. The highest BCUT2D eigenvalue weighted by atomic mass is 16.2. The van der Waals surface area contributed by atoms with Crippen LogP contribution in [0.5, 0.6) is 0 Å². The smallest absolute Gasteiger partial charge is 0.317 e. The molecule has 0 aromatic carbocycles. The van der Waals surface area contributed by atoms with Crippen LogP contribution in [0.4, 0.5) is 4.79 Å². The summed E-state index contributed by atoms with van der Waals surface area (Å²) in [5, 5.41) is 2.76. The van der Waals surface area contributed by atoms with Crippen LogP contribution in [-0.4, -0.2) is 37.1 Å². The van der Waals surface area contributed by atoms with E-state index in [2.05, 4.69) is 5.32 Å². The topological polar surface area (TPSA) is 58.4 Å². The fraction of sp³-hybridized carbons (Fsp3) is 0.857. The summed E-state index contributed by atoms with van der Waals surface area (Å²) in [6, 6.07) is 0.119. The third kappa shape index (κ3) is 4.61. The quantitative estimate of drug-likeness (QED) is 0.608. The van der Waals surface area contributed by atoms with Gasteiger partial charge in [0, 0.05) is 26.2 Å². The fourth-order valence-electron chi connectivity index (χ4n) is 0.652. The van der Waals surface area contributed by atoms with Crippen LogP contribution in [0.2, 0.25) is 0 Å². The molecule has 4 nitrogen and oxygen atoms in total. The van der Waals surface area contributed by atoms with E-state index in [1.807, 2.05) is 13.8 Å². The van der Waals surface area contributed by atoms with Crippen LogP contribution in [0.25, 0.3) is 0 Å². The van der Waals surface area contributed by atoms with Gasteiger partial charge in [-0.15, -0.1) is 0 Å². The van der Waals surface area contributed by atoms with Crippen molar-refractivity contribution < 1.29 is 4.79 Å². The molecule has 0 rings (SSSR count). The Hall–Kier alpha value is -0.770. The number of amides is 2. The molecule has 0 aliphatic heterocycles. The Balaban J connectivity index is 3.64. The molecular weight excluding hydrogens is 142 g/mol. The monoisotopic (exact) mass is 159 g/mol. The highest BCUT2D eigenvalue weighted by molar-refractivity contribution is 5.74. The number of carbonyl (C=O) groups is 1. The zero-order valence-corrected chi connectivity index (χ0v) is 7.42. The lowest BCUT2D eigenvalue weighted by molar-refractivity contribution is 0.207. The number of likely N-dealkylation sites (N-methyl/N-ethyl adjacent to an activating group) is 1. The highest BCUT2D eigenvalue weighted by Gasteiger charge is 2.06. The molecule has 2 amide bonds. The number of rotatable bonds is 3. The van der Waals surface area contributed by atoms with E-state index in [9.17, 15) is 4.79 Å². The first kappa shape index (κ1) is 10.2. The van der Waals surface area contributed by atoms with Gasteiger partial charge in [-0.3, -0.25) is 0 Å². The Morgan fingerprint density at radius 3 is 2.55 bits per heavy atom.